The molecule has 1 heterocycles. The lowest BCUT2D eigenvalue weighted by atomic mass is 10.2. The van der Waals surface area contributed by atoms with Crippen LogP contribution < -0.4 is 10.6 Å². The Kier molecular flexibility index (Phi) is 4.54. The van der Waals surface area contributed by atoms with Crippen LogP contribution in [0.4, 0.5) is 17.1 Å². The normalized spacial score (nSPS) is 10.2. The van der Waals surface area contributed by atoms with E-state index in [-0.39, 0.29) is 11.6 Å². The summed E-state index contributed by atoms with van der Waals surface area (Å²) in [6, 6.07) is 6.86. The summed E-state index contributed by atoms with van der Waals surface area (Å²) < 4.78 is 0. The van der Waals surface area contributed by atoms with Crippen LogP contribution in [-0.4, -0.2) is 10.8 Å². The molecule has 7 heteroatoms. The molecule has 0 radical (unpaired) electrons. The van der Waals surface area contributed by atoms with Gasteiger partial charge < -0.3 is 10.6 Å². The average Bonchev–Trinajstić information content (AvgIpc) is 2.83. The maximum Gasteiger partial charge on any atom is 0.292 e. The molecule has 21 heavy (non-hydrogen) atoms. The van der Waals surface area contributed by atoms with Crippen LogP contribution in [0.2, 0.25) is 0 Å². The summed E-state index contributed by atoms with van der Waals surface area (Å²) in [4.78, 5) is 22.7. The summed E-state index contributed by atoms with van der Waals surface area (Å²) in [6.07, 6.45) is 0. The number of rotatable bonds is 5. The van der Waals surface area contributed by atoms with Crippen molar-refractivity contribution in [1.82, 2.24) is 0 Å². The summed E-state index contributed by atoms with van der Waals surface area (Å²) in [5.41, 5.74) is 2.08. The van der Waals surface area contributed by atoms with Gasteiger partial charge in [0.15, 0.2) is 0 Å². The van der Waals surface area contributed by atoms with Crippen molar-refractivity contribution in [1.29, 1.82) is 0 Å². The topological polar surface area (TPSA) is 84.3 Å². The molecule has 0 spiro atoms. The zero-order valence-electron chi connectivity index (χ0n) is 11.7. The molecule has 2 N–H and O–H groups in total. The van der Waals surface area contributed by atoms with E-state index in [1.165, 1.54) is 24.3 Å². The third-order valence-electron chi connectivity index (χ3n) is 2.85. The minimum atomic E-state index is -0.404. The molecule has 1 aromatic carbocycles. The number of thiophene rings is 1. The van der Waals surface area contributed by atoms with Gasteiger partial charge in [-0.05, 0) is 30.0 Å². The molecule has 0 aliphatic rings. The van der Waals surface area contributed by atoms with Crippen molar-refractivity contribution in [3.63, 3.8) is 0 Å². The molecule has 110 valence electrons. The third kappa shape index (κ3) is 3.79. The van der Waals surface area contributed by atoms with Gasteiger partial charge in [0.05, 0.1) is 17.2 Å². The Balaban J connectivity index is 2.15. The van der Waals surface area contributed by atoms with Gasteiger partial charge >= 0.3 is 0 Å². The first-order chi connectivity index (χ1) is 9.97. The van der Waals surface area contributed by atoms with Crippen molar-refractivity contribution in [2.45, 2.75) is 20.4 Å². The van der Waals surface area contributed by atoms with Crippen molar-refractivity contribution in [2.75, 3.05) is 10.6 Å². The molecule has 0 fully saturated rings. The van der Waals surface area contributed by atoms with Crippen LogP contribution in [0.25, 0.3) is 0 Å². The Bertz CT molecular complexity index is 682. The van der Waals surface area contributed by atoms with Crippen LogP contribution in [-0.2, 0) is 11.3 Å². The monoisotopic (exact) mass is 305 g/mol. The van der Waals surface area contributed by atoms with Gasteiger partial charge in [-0.2, -0.15) is 0 Å². The van der Waals surface area contributed by atoms with Gasteiger partial charge in [-0.15, -0.1) is 11.3 Å². The number of carbonyl (C=O) groups excluding carboxylic acids is 1. The van der Waals surface area contributed by atoms with Crippen LogP contribution in [0.5, 0.6) is 0 Å². The van der Waals surface area contributed by atoms with E-state index in [2.05, 4.69) is 10.6 Å². The molecule has 0 unspecified atom stereocenters. The zero-order valence-corrected chi connectivity index (χ0v) is 12.5. The molecular formula is C14H15N3O3S. The number of nitrogens with one attached hydrogen (secondary N) is 2. The van der Waals surface area contributed by atoms with Gasteiger partial charge in [-0.25, -0.2) is 0 Å². The van der Waals surface area contributed by atoms with Gasteiger partial charge in [-0.3, -0.25) is 14.9 Å². The van der Waals surface area contributed by atoms with E-state index in [0.29, 0.717) is 12.2 Å². The van der Waals surface area contributed by atoms with Crippen LogP contribution in [0, 0.1) is 17.0 Å². The number of nitro benzene ring substituents is 1. The Morgan fingerprint density at radius 1 is 1.33 bits per heavy atom. The number of anilines is 2. The molecule has 0 saturated carbocycles. The predicted molar refractivity (Wildman–Crippen MR) is 83.8 cm³/mol. The molecule has 1 amide bonds. The number of benzene rings is 1. The quantitative estimate of drug-likeness (QED) is 0.653. The van der Waals surface area contributed by atoms with E-state index in [0.717, 1.165) is 16.1 Å². The molecule has 6 nitrogen and oxygen atoms in total. The van der Waals surface area contributed by atoms with Crippen molar-refractivity contribution >= 4 is 34.3 Å². The molecule has 0 aliphatic carbocycles. The molecule has 0 saturated heterocycles. The van der Waals surface area contributed by atoms with Gasteiger partial charge in [0, 0.05) is 17.9 Å². The highest BCUT2D eigenvalue weighted by Gasteiger charge is 2.14. The first-order valence-corrected chi connectivity index (χ1v) is 7.18. The minimum absolute atomic E-state index is 0.0487. The molecule has 0 aliphatic heterocycles. The number of aryl methyl sites for hydroxylation is 1. The Morgan fingerprint density at radius 3 is 2.76 bits per heavy atom. The number of carbonyl (C=O) groups is 1. The highest BCUT2D eigenvalue weighted by atomic mass is 32.1. The minimum Gasteiger partial charge on any atom is -0.375 e. The second-order valence-electron chi connectivity index (χ2n) is 4.57. The standard InChI is InChI=1S/C14H15N3O3S/c1-9-3-4-11(13(7-9)17(19)20)15-8-14-12(5-6-21-14)16-10(2)18/h3-7,15H,8H2,1-2H3,(H,16,18). The van der Waals surface area contributed by atoms with E-state index in [9.17, 15) is 14.9 Å². The largest absolute Gasteiger partial charge is 0.375 e. The van der Waals surface area contributed by atoms with Crippen LogP contribution >= 0.6 is 11.3 Å². The summed E-state index contributed by atoms with van der Waals surface area (Å²) in [7, 11) is 0. The number of hydrogen-bond acceptors (Lipinski definition) is 5. The van der Waals surface area contributed by atoms with Crippen molar-refractivity contribution in [3.05, 3.63) is 50.2 Å². The summed E-state index contributed by atoms with van der Waals surface area (Å²) in [6.45, 7) is 3.67. The maximum absolute atomic E-state index is 11.1. The molecule has 2 rings (SSSR count). The van der Waals surface area contributed by atoms with Crippen LogP contribution in [0.15, 0.2) is 29.6 Å². The number of amides is 1. The number of nitrogens with zero attached hydrogens (tertiary/aromatic N) is 1. The van der Waals surface area contributed by atoms with E-state index < -0.39 is 4.92 Å². The van der Waals surface area contributed by atoms with E-state index in [4.69, 9.17) is 0 Å². The van der Waals surface area contributed by atoms with Gasteiger partial charge in [-0.1, -0.05) is 6.07 Å². The number of hydrogen-bond donors (Lipinski definition) is 2. The molecule has 0 bridgehead atoms. The van der Waals surface area contributed by atoms with E-state index in [1.807, 2.05) is 24.4 Å². The fraction of sp³-hybridized carbons (Fsp3) is 0.214. The smallest absolute Gasteiger partial charge is 0.292 e. The average molecular weight is 305 g/mol. The van der Waals surface area contributed by atoms with E-state index in [1.54, 1.807) is 6.07 Å². The Morgan fingerprint density at radius 2 is 2.10 bits per heavy atom. The summed E-state index contributed by atoms with van der Waals surface area (Å²) in [5, 5.41) is 18.7. The molecular weight excluding hydrogens is 290 g/mol. The van der Waals surface area contributed by atoms with Crippen LogP contribution in [0.3, 0.4) is 0 Å². The zero-order chi connectivity index (χ0) is 15.4. The van der Waals surface area contributed by atoms with Gasteiger partial charge in [0.1, 0.15) is 5.69 Å². The first-order valence-electron chi connectivity index (χ1n) is 6.30. The third-order valence-corrected chi connectivity index (χ3v) is 3.77. The highest BCUT2D eigenvalue weighted by Crippen LogP contribution is 2.28. The Labute approximate surface area is 126 Å². The first kappa shape index (κ1) is 15.0. The SMILES string of the molecule is CC(=O)Nc1ccsc1CNc1ccc(C)cc1[N+](=O)[O-]. The molecule has 0 atom stereocenters. The lowest BCUT2D eigenvalue weighted by Gasteiger charge is -2.08. The molecule has 2 aromatic rings. The molecule has 1 aromatic heterocycles. The second kappa shape index (κ2) is 6.36. The maximum atomic E-state index is 11.1. The fourth-order valence-corrected chi connectivity index (χ4v) is 2.67. The van der Waals surface area contributed by atoms with Crippen molar-refractivity contribution in [2.24, 2.45) is 0 Å². The van der Waals surface area contributed by atoms with Gasteiger partial charge in [0.25, 0.3) is 5.69 Å². The summed E-state index contributed by atoms with van der Waals surface area (Å²) >= 11 is 1.48. The van der Waals surface area contributed by atoms with E-state index >= 15 is 0 Å². The van der Waals surface area contributed by atoms with Crippen molar-refractivity contribution < 1.29 is 9.72 Å². The van der Waals surface area contributed by atoms with Crippen molar-refractivity contribution in [3.8, 4) is 0 Å². The highest BCUT2D eigenvalue weighted by molar-refractivity contribution is 7.10. The lowest BCUT2D eigenvalue weighted by molar-refractivity contribution is -0.384. The summed E-state index contributed by atoms with van der Waals surface area (Å²) in [5.74, 6) is -0.143. The lowest BCUT2D eigenvalue weighted by Crippen LogP contribution is -2.08. The number of nitro groups is 1. The van der Waals surface area contributed by atoms with Gasteiger partial charge in [0.2, 0.25) is 5.91 Å². The Hall–Kier alpha value is -2.41. The second-order valence-corrected chi connectivity index (χ2v) is 5.57. The predicted octanol–water partition coefficient (Wildman–Crippen LogP) is 3.54. The fourth-order valence-electron chi connectivity index (χ4n) is 1.90. The van der Waals surface area contributed by atoms with Crippen LogP contribution in [0.1, 0.15) is 17.4 Å².